The molecule has 2 aliphatic heterocycles. The lowest BCUT2D eigenvalue weighted by Gasteiger charge is -2.35. The van der Waals surface area contributed by atoms with E-state index in [1.54, 1.807) is 0 Å². The van der Waals surface area contributed by atoms with Gasteiger partial charge < -0.3 is 9.64 Å². The molecule has 0 bridgehead atoms. The summed E-state index contributed by atoms with van der Waals surface area (Å²) in [5.41, 5.74) is 1.07. The lowest BCUT2D eigenvalue weighted by Crippen LogP contribution is -2.44. The highest BCUT2D eigenvalue weighted by atomic mass is 35.5. The van der Waals surface area contributed by atoms with Crippen molar-refractivity contribution in [3.8, 4) is 0 Å². The summed E-state index contributed by atoms with van der Waals surface area (Å²) < 4.78 is 5.54. The van der Waals surface area contributed by atoms with Crippen LogP contribution in [0.25, 0.3) is 0 Å². The first-order valence-electron chi connectivity index (χ1n) is 7.08. The summed E-state index contributed by atoms with van der Waals surface area (Å²) in [7, 11) is 0. The Hall–Kier alpha value is -1.10. The van der Waals surface area contributed by atoms with Crippen LogP contribution in [-0.4, -0.2) is 36.1 Å². The first-order valence-corrected chi connectivity index (χ1v) is 7.46. The van der Waals surface area contributed by atoms with Crippen molar-refractivity contribution in [1.29, 1.82) is 0 Å². The predicted octanol–water partition coefficient (Wildman–Crippen LogP) is 2.34. The molecular weight excluding hydrogens is 276 g/mol. The summed E-state index contributed by atoms with van der Waals surface area (Å²) in [6.07, 6.45) is 1.93. The summed E-state index contributed by atoms with van der Waals surface area (Å²) in [5, 5.41) is 4.07. The van der Waals surface area contributed by atoms with Crippen molar-refractivity contribution in [3.63, 3.8) is 0 Å². The van der Waals surface area contributed by atoms with Gasteiger partial charge in [-0.2, -0.15) is 0 Å². The van der Waals surface area contributed by atoms with Crippen molar-refractivity contribution in [2.45, 2.75) is 38.0 Å². The molecule has 0 spiro atoms. The third-order valence-corrected chi connectivity index (χ3v) is 4.28. The molecule has 0 saturated carbocycles. The molecule has 20 heavy (non-hydrogen) atoms. The van der Waals surface area contributed by atoms with Gasteiger partial charge in [-0.1, -0.05) is 23.7 Å². The number of nitrogens with one attached hydrogen (secondary N) is 1. The summed E-state index contributed by atoms with van der Waals surface area (Å²) in [4.78, 5) is 14.4. The number of benzene rings is 1. The maximum Gasteiger partial charge on any atom is 0.241 e. The smallest absolute Gasteiger partial charge is 0.241 e. The summed E-state index contributed by atoms with van der Waals surface area (Å²) in [5.74, 6) is 0.153. The highest BCUT2D eigenvalue weighted by Crippen LogP contribution is 2.30. The zero-order chi connectivity index (χ0) is 14.1. The van der Waals surface area contributed by atoms with E-state index in [0.717, 1.165) is 25.0 Å². The van der Waals surface area contributed by atoms with E-state index in [1.807, 2.05) is 36.1 Å². The lowest BCUT2D eigenvalue weighted by molar-refractivity contribution is -0.135. The standard InChI is InChI=1S/C15H19ClN2O2/c1-10-15(19)18(13-3-2-8-20-9-13)14(17-10)11-4-6-12(16)7-5-11/h4-7,10,13-14,17H,2-3,8-9H2,1H3. The van der Waals surface area contributed by atoms with Gasteiger partial charge >= 0.3 is 0 Å². The van der Waals surface area contributed by atoms with E-state index >= 15 is 0 Å². The quantitative estimate of drug-likeness (QED) is 0.910. The SMILES string of the molecule is CC1NC(c2ccc(Cl)cc2)N(C2CCCOC2)C1=O. The normalized spacial score (nSPS) is 30.8. The van der Waals surface area contributed by atoms with E-state index in [2.05, 4.69) is 5.32 Å². The highest BCUT2D eigenvalue weighted by molar-refractivity contribution is 6.30. The van der Waals surface area contributed by atoms with Crippen LogP contribution >= 0.6 is 11.6 Å². The third kappa shape index (κ3) is 2.55. The molecule has 3 unspecified atom stereocenters. The van der Waals surface area contributed by atoms with E-state index < -0.39 is 0 Å². The van der Waals surface area contributed by atoms with Crippen LogP contribution in [0.4, 0.5) is 0 Å². The first-order chi connectivity index (χ1) is 9.66. The van der Waals surface area contributed by atoms with Crippen molar-refractivity contribution >= 4 is 17.5 Å². The van der Waals surface area contributed by atoms with Crippen LogP contribution in [0.3, 0.4) is 0 Å². The minimum absolute atomic E-state index is 0.0820. The molecule has 2 aliphatic rings. The van der Waals surface area contributed by atoms with Gasteiger partial charge in [-0.05, 0) is 37.5 Å². The Morgan fingerprint density at radius 3 is 2.75 bits per heavy atom. The Balaban J connectivity index is 1.87. The third-order valence-electron chi connectivity index (χ3n) is 4.03. The monoisotopic (exact) mass is 294 g/mol. The lowest BCUT2D eigenvalue weighted by atomic mass is 10.1. The molecule has 0 radical (unpaired) electrons. The minimum Gasteiger partial charge on any atom is -0.379 e. The van der Waals surface area contributed by atoms with Crippen LogP contribution in [0.5, 0.6) is 0 Å². The van der Waals surface area contributed by atoms with Gasteiger partial charge in [-0.15, -0.1) is 0 Å². The van der Waals surface area contributed by atoms with Gasteiger partial charge in [-0.25, -0.2) is 0 Å². The van der Waals surface area contributed by atoms with Crippen LogP contribution in [0.15, 0.2) is 24.3 Å². The molecule has 1 aromatic rings. The van der Waals surface area contributed by atoms with Crippen molar-refractivity contribution < 1.29 is 9.53 Å². The van der Waals surface area contributed by atoms with Gasteiger partial charge in [0.05, 0.1) is 18.7 Å². The fourth-order valence-electron chi connectivity index (χ4n) is 2.98. The van der Waals surface area contributed by atoms with Crippen LogP contribution in [-0.2, 0) is 9.53 Å². The number of ether oxygens (including phenoxy) is 1. The van der Waals surface area contributed by atoms with Gasteiger partial charge in [0.15, 0.2) is 0 Å². The fourth-order valence-corrected chi connectivity index (χ4v) is 3.10. The molecule has 5 heteroatoms. The summed E-state index contributed by atoms with van der Waals surface area (Å²) >= 11 is 5.94. The second-order valence-corrected chi connectivity index (χ2v) is 5.90. The number of hydrogen-bond donors (Lipinski definition) is 1. The van der Waals surface area contributed by atoms with Crippen molar-refractivity contribution in [2.24, 2.45) is 0 Å². The van der Waals surface area contributed by atoms with E-state index in [1.165, 1.54) is 0 Å². The molecule has 2 fully saturated rings. The predicted molar refractivity (Wildman–Crippen MR) is 77.5 cm³/mol. The number of hydrogen-bond acceptors (Lipinski definition) is 3. The number of amides is 1. The number of halogens is 1. The number of carbonyl (C=O) groups is 1. The van der Waals surface area contributed by atoms with Gasteiger partial charge in [0.1, 0.15) is 6.17 Å². The van der Waals surface area contributed by atoms with Gasteiger partial charge in [0, 0.05) is 11.6 Å². The molecule has 1 aromatic carbocycles. The van der Waals surface area contributed by atoms with Crippen molar-refractivity contribution in [2.75, 3.05) is 13.2 Å². The van der Waals surface area contributed by atoms with Gasteiger partial charge in [0.25, 0.3) is 0 Å². The molecule has 108 valence electrons. The zero-order valence-corrected chi connectivity index (χ0v) is 12.3. The Bertz CT molecular complexity index is 485. The molecular formula is C15H19ClN2O2. The number of nitrogens with zero attached hydrogens (tertiary/aromatic N) is 1. The van der Waals surface area contributed by atoms with Crippen LogP contribution in [0.2, 0.25) is 5.02 Å². The second kappa shape index (κ2) is 5.72. The van der Waals surface area contributed by atoms with E-state index in [4.69, 9.17) is 16.3 Å². The topological polar surface area (TPSA) is 41.6 Å². The highest BCUT2D eigenvalue weighted by Gasteiger charge is 2.41. The largest absolute Gasteiger partial charge is 0.379 e. The molecule has 0 aromatic heterocycles. The number of rotatable bonds is 2. The van der Waals surface area contributed by atoms with Crippen LogP contribution in [0.1, 0.15) is 31.5 Å². The van der Waals surface area contributed by atoms with Crippen molar-refractivity contribution in [1.82, 2.24) is 10.2 Å². The second-order valence-electron chi connectivity index (χ2n) is 5.46. The zero-order valence-electron chi connectivity index (χ0n) is 11.5. The Kier molecular flexibility index (Phi) is 3.96. The van der Waals surface area contributed by atoms with E-state index in [0.29, 0.717) is 11.6 Å². The van der Waals surface area contributed by atoms with Gasteiger partial charge in [-0.3, -0.25) is 10.1 Å². The first kappa shape index (κ1) is 13.9. The molecule has 3 rings (SSSR count). The molecule has 2 saturated heterocycles. The Morgan fingerprint density at radius 1 is 1.35 bits per heavy atom. The van der Waals surface area contributed by atoms with E-state index in [9.17, 15) is 4.79 Å². The Labute approximate surface area is 124 Å². The van der Waals surface area contributed by atoms with Crippen LogP contribution in [0, 0.1) is 0 Å². The van der Waals surface area contributed by atoms with Gasteiger partial charge in [0.2, 0.25) is 5.91 Å². The maximum atomic E-state index is 12.4. The minimum atomic E-state index is -0.155. The molecule has 1 amide bonds. The molecule has 3 atom stereocenters. The van der Waals surface area contributed by atoms with Crippen LogP contribution < -0.4 is 5.32 Å². The molecule has 2 heterocycles. The average molecular weight is 295 g/mol. The molecule has 4 nitrogen and oxygen atoms in total. The average Bonchev–Trinajstić information content (AvgIpc) is 2.77. The maximum absolute atomic E-state index is 12.4. The van der Waals surface area contributed by atoms with Crippen molar-refractivity contribution in [3.05, 3.63) is 34.9 Å². The number of carbonyl (C=O) groups excluding carboxylic acids is 1. The summed E-state index contributed by atoms with van der Waals surface area (Å²) in [6.45, 7) is 3.34. The van der Waals surface area contributed by atoms with E-state index in [-0.39, 0.29) is 24.2 Å². The fraction of sp³-hybridized carbons (Fsp3) is 0.533. The molecule has 0 aliphatic carbocycles. The Morgan fingerprint density at radius 2 is 2.10 bits per heavy atom. The summed E-state index contributed by atoms with van der Waals surface area (Å²) in [6, 6.07) is 7.68. The molecule has 1 N–H and O–H groups in total.